The fraction of sp³-hybridized carbons (Fsp3) is 0.794. The third-order valence-electron chi connectivity index (χ3n) is 15.3. The third-order valence-corrected chi connectivity index (χ3v) is 15.3. The number of rotatable bonds is 45. The van der Waals surface area contributed by atoms with Gasteiger partial charge in [0.2, 0.25) is 5.91 Å². The summed E-state index contributed by atoms with van der Waals surface area (Å²) in [5.41, 5.74) is 0. The molecule has 19 nitrogen and oxygen atoms in total. The summed E-state index contributed by atoms with van der Waals surface area (Å²) in [6, 6.07) is -0.894. The van der Waals surface area contributed by atoms with Crippen molar-refractivity contribution in [3.8, 4) is 0 Å². The first-order chi connectivity index (χ1) is 39.8. The van der Waals surface area contributed by atoms with Crippen molar-refractivity contribution in [2.24, 2.45) is 0 Å². The van der Waals surface area contributed by atoms with Gasteiger partial charge in [-0.3, -0.25) is 4.79 Å². The predicted molar refractivity (Wildman–Crippen MR) is 314 cm³/mol. The normalized spacial score (nSPS) is 30.1. The van der Waals surface area contributed by atoms with E-state index < -0.39 is 124 Å². The number of aliphatic hydroxyl groups excluding tert-OH is 11. The van der Waals surface area contributed by atoms with Gasteiger partial charge in [-0.05, 0) is 64.2 Å². The second kappa shape index (κ2) is 45.5. The highest BCUT2D eigenvalue weighted by Crippen LogP contribution is 2.33. The molecule has 0 aromatic carbocycles. The van der Waals surface area contributed by atoms with Gasteiger partial charge in [-0.15, -0.1) is 0 Å². The number of unbranched alkanes of at least 4 members (excludes halogenated alkanes) is 17. The molecule has 3 fully saturated rings. The second-order valence-electron chi connectivity index (χ2n) is 22.1. The van der Waals surface area contributed by atoms with Gasteiger partial charge in [0.25, 0.3) is 0 Å². The molecule has 3 aliphatic heterocycles. The van der Waals surface area contributed by atoms with E-state index in [9.17, 15) is 61.0 Å². The summed E-state index contributed by atoms with van der Waals surface area (Å²) in [5.74, 6) is -0.257. The Balaban J connectivity index is 1.42. The van der Waals surface area contributed by atoms with Crippen molar-refractivity contribution in [1.29, 1.82) is 0 Å². The van der Waals surface area contributed by atoms with Crippen LogP contribution in [0, 0.1) is 0 Å². The van der Waals surface area contributed by atoms with E-state index in [1.165, 1.54) is 57.8 Å². The molecule has 3 heterocycles. The molecule has 17 unspecified atom stereocenters. The van der Waals surface area contributed by atoms with E-state index in [2.05, 4.69) is 92.1 Å². The van der Waals surface area contributed by atoms with Gasteiger partial charge in [0.1, 0.15) is 73.2 Å². The van der Waals surface area contributed by atoms with Crippen LogP contribution in [-0.4, -0.2) is 193 Å². The number of carbonyl (C=O) groups excluding carboxylic acids is 1. The highest BCUT2D eigenvalue weighted by molar-refractivity contribution is 5.76. The van der Waals surface area contributed by atoms with Gasteiger partial charge in [-0.2, -0.15) is 0 Å². The molecule has 0 bridgehead atoms. The summed E-state index contributed by atoms with van der Waals surface area (Å²) >= 11 is 0. The summed E-state index contributed by atoms with van der Waals surface area (Å²) in [5, 5.41) is 120. The highest BCUT2D eigenvalue weighted by Gasteiger charge is 2.53. The van der Waals surface area contributed by atoms with Crippen LogP contribution in [0.25, 0.3) is 0 Å². The van der Waals surface area contributed by atoms with Crippen molar-refractivity contribution in [2.45, 2.75) is 291 Å². The lowest BCUT2D eigenvalue weighted by Crippen LogP contribution is -2.66. The zero-order valence-corrected chi connectivity index (χ0v) is 49.4. The molecule has 0 spiro atoms. The first kappa shape index (κ1) is 73.5. The van der Waals surface area contributed by atoms with Crippen LogP contribution in [0.2, 0.25) is 0 Å². The quantitative estimate of drug-likeness (QED) is 0.0238. The average molecular weight is 1170 g/mol. The summed E-state index contributed by atoms with van der Waals surface area (Å²) < 4.78 is 34.3. The van der Waals surface area contributed by atoms with Crippen molar-refractivity contribution in [2.75, 3.05) is 26.4 Å². The molecule has 0 aromatic heterocycles. The molecular weight excluding hydrogens is 1060 g/mol. The van der Waals surface area contributed by atoms with Gasteiger partial charge < -0.3 is 89.9 Å². The molecule has 3 rings (SSSR count). The van der Waals surface area contributed by atoms with Crippen LogP contribution in [0.4, 0.5) is 0 Å². The van der Waals surface area contributed by atoms with E-state index in [-0.39, 0.29) is 18.9 Å². The van der Waals surface area contributed by atoms with Crippen LogP contribution in [0.5, 0.6) is 0 Å². The van der Waals surface area contributed by atoms with E-state index in [4.69, 9.17) is 28.4 Å². The molecule has 3 saturated heterocycles. The molecule has 0 aliphatic carbocycles. The lowest BCUT2D eigenvalue weighted by molar-refractivity contribution is -0.379. The monoisotopic (exact) mass is 1170 g/mol. The summed E-state index contributed by atoms with van der Waals surface area (Å²) in [7, 11) is 0. The first-order valence-electron chi connectivity index (χ1n) is 31.2. The van der Waals surface area contributed by atoms with E-state index in [1.807, 2.05) is 0 Å². The minimum atomic E-state index is -1.97. The maximum atomic E-state index is 13.3. The second-order valence-corrected chi connectivity index (χ2v) is 22.1. The minimum absolute atomic E-state index is 0.252. The minimum Gasteiger partial charge on any atom is -0.394 e. The highest BCUT2D eigenvalue weighted by atomic mass is 16.8. The molecule has 0 aromatic rings. The maximum Gasteiger partial charge on any atom is 0.220 e. The van der Waals surface area contributed by atoms with Gasteiger partial charge in [0.05, 0.1) is 38.6 Å². The van der Waals surface area contributed by atoms with E-state index >= 15 is 0 Å². The third kappa shape index (κ3) is 28.6. The van der Waals surface area contributed by atoms with Gasteiger partial charge in [-0.1, -0.05) is 189 Å². The summed E-state index contributed by atoms with van der Waals surface area (Å²) in [4.78, 5) is 13.3. The molecule has 3 aliphatic rings. The molecule has 17 atom stereocenters. The van der Waals surface area contributed by atoms with Crippen LogP contribution in [-0.2, 0) is 33.2 Å². The Morgan fingerprint density at radius 3 is 1.32 bits per heavy atom. The van der Waals surface area contributed by atoms with E-state index in [0.717, 1.165) is 96.3 Å². The molecular formula is C63H109NO18. The van der Waals surface area contributed by atoms with Gasteiger partial charge in [-0.25, -0.2) is 0 Å². The van der Waals surface area contributed by atoms with Crippen molar-refractivity contribution in [3.63, 3.8) is 0 Å². The van der Waals surface area contributed by atoms with Crippen LogP contribution in [0.3, 0.4) is 0 Å². The molecule has 19 heteroatoms. The molecule has 474 valence electrons. The zero-order valence-electron chi connectivity index (χ0n) is 49.4. The number of carbonyl (C=O) groups is 1. The number of hydrogen-bond donors (Lipinski definition) is 12. The Bertz CT molecular complexity index is 1780. The number of aliphatic hydroxyl groups is 11. The number of ether oxygens (including phenoxy) is 6. The van der Waals surface area contributed by atoms with Crippen LogP contribution < -0.4 is 5.32 Å². The smallest absolute Gasteiger partial charge is 0.220 e. The Morgan fingerprint density at radius 1 is 0.451 bits per heavy atom. The van der Waals surface area contributed by atoms with Crippen molar-refractivity contribution >= 4 is 5.91 Å². The first-order valence-corrected chi connectivity index (χ1v) is 31.2. The van der Waals surface area contributed by atoms with E-state index in [0.29, 0.717) is 12.8 Å². The molecule has 1 amide bonds. The summed E-state index contributed by atoms with van der Waals surface area (Å²) in [6.45, 7) is 1.63. The maximum absolute atomic E-state index is 13.3. The fourth-order valence-electron chi connectivity index (χ4n) is 10.2. The van der Waals surface area contributed by atoms with Gasteiger partial charge in [0, 0.05) is 6.42 Å². The zero-order chi connectivity index (χ0) is 59.7. The van der Waals surface area contributed by atoms with Crippen LogP contribution in [0.15, 0.2) is 72.9 Å². The topological polar surface area (TPSA) is 307 Å². The Kier molecular flexibility index (Phi) is 40.8. The van der Waals surface area contributed by atoms with Crippen molar-refractivity contribution in [1.82, 2.24) is 5.32 Å². The van der Waals surface area contributed by atoms with Gasteiger partial charge in [0.15, 0.2) is 18.9 Å². The Labute approximate surface area is 489 Å². The number of nitrogens with one attached hydrogen (secondary N) is 1. The molecule has 0 saturated carbocycles. The Hall–Kier alpha value is -2.77. The average Bonchev–Trinajstić information content (AvgIpc) is 3.64. The SMILES string of the molecule is CC/C=C\C/C=C\C/C=C\C/C=C\C/C=C\C/C=C\CCCCCCCCCCC(=O)NC(COC1OC(CO)C(OC2OC(CO)C(OC3OC(CO)C(O)C(O)C3O)C(O)C2O)C(O)C1O)C(O)CCCCCCCCCCCC. The molecule has 0 radical (unpaired) electrons. The van der Waals surface area contributed by atoms with E-state index in [1.54, 1.807) is 0 Å². The predicted octanol–water partition coefficient (Wildman–Crippen LogP) is 6.21. The number of hydrogen-bond acceptors (Lipinski definition) is 18. The van der Waals surface area contributed by atoms with Crippen molar-refractivity contribution in [3.05, 3.63) is 72.9 Å². The lowest BCUT2D eigenvalue weighted by atomic mass is 9.96. The standard InChI is InChI=1S/C63H109NO18/c1-3-5-7-9-11-13-15-16-17-18-19-20-21-22-23-24-25-26-27-28-29-30-31-33-35-37-39-41-51(69)64-46(47(68)40-38-36-34-32-14-12-10-8-6-4-2)45-77-61-57(75)54(72)59(49(43-66)79-61)82-63-58(76)55(73)60(50(44-67)80-63)81-62-56(74)53(71)52(70)48(42-65)78-62/h5,7,11,13,16-17,19-20,22-23,25-26,46-50,52-63,65-68,70-76H,3-4,6,8-10,12,14-15,18,21,24,27-45H2,1-2H3,(H,64,69)/b7-5-,13-11-,17-16-,20-19-,23-22-,26-25-. The summed E-state index contributed by atoms with van der Waals surface area (Å²) in [6.07, 6.45) is 27.1. The lowest BCUT2D eigenvalue weighted by Gasteiger charge is -2.48. The van der Waals surface area contributed by atoms with Crippen LogP contribution >= 0.6 is 0 Å². The molecule has 12 N–H and O–H groups in total. The fourth-order valence-corrected chi connectivity index (χ4v) is 10.2. The van der Waals surface area contributed by atoms with Crippen molar-refractivity contribution < 1.29 is 89.4 Å². The number of amides is 1. The number of allylic oxidation sites excluding steroid dienone is 12. The molecule has 82 heavy (non-hydrogen) atoms. The van der Waals surface area contributed by atoms with Crippen LogP contribution in [0.1, 0.15) is 187 Å². The van der Waals surface area contributed by atoms with Gasteiger partial charge >= 0.3 is 0 Å². The Morgan fingerprint density at radius 2 is 0.841 bits per heavy atom. The largest absolute Gasteiger partial charge is 0.394 e.